The van der Waals surface area contributed by atoms with Crippen molar-refractivity contribution in [1.82, 2.24) is 19.6 Å². The number of benzene rings is 2. The number of aromatic nitrogens is 2. The molecule has 1 N–H and O–H groups in total. The van der Waals surface area contributed by atoms with E-state index >= 15 is 0 Å². The van der Waals surface area contributed by atoms with Crippen LogP contribution in [0.3, 0.4) is 0 Å². The van der Waals surface area contributed by atoms with Gasteiger partial charge in [0.25, 0.3) is 0 Å². The van der Waals surface area contributed by atoms with Crippen LogP contribution < -0.4 is 5.32 Å². The first-order chi connectivity index (χ1) is 14.9. The SMILES string of the molecule is Cc1nn(-c2ccccc2)c(C)c1CN1CCN(C(=S)Nc2cc(Cl)ccc2Cl)CC1. The summed E-state index contributed by atoms with van der Waals surface area (Å²) in [5.41, 5.74) is 5.40. The highest BCUT2D eigenvalue weighted by Gasteiger charge is 2.22. The molecule has 8 heteroatoms. The second kappa shape index (κ2) is 9.57. The lowest BCUT2D eigenvalue weighted by Crippen LogP contribution is -2.49. The van der Waals surface area contributed by atoms with E-state index in [1.165, 1.54) is 11.3 Å². The van der Waals surface area contributed by atoms with E-state index in [1.807, 2.05) is 22.9 Å². The molecule has 1 aliphatic heterocycles. The van der Waals surface area contributed by atoms with Gasteiger partial charge in [-0.05, 0) is 56.4 Å². The maximum atomic E-state index is 6.25. The van der Waals surface area contributed by atoms with Crippen LogP contribution in [0.25, 0.3) is 5.69 Å². The standard InChI is InChI=1S/C23H25Cl2N5S/c1-16-20(17(2)30(27-16)19-6-4-3-5-7-19)15-28-10-12-29(13-11-28)23(31)26-22-14-18(24)8-9-21(22)25/h3-9,14H,10-13,15H2,1-2H3,(H,26,31). The molecular weight excluding hydrogens is 449 g/mol. The van der Waals surface area contributed by atoms with Crippen molar-refractivity contribution in [2.45, 2.75) is 20.4 Å². The number of para-hydroxylation sites is 1. The van der Waals surface area contributed by atoms with Crippen LogP contribution in [0.4, 0.5) is 5.69 Å². The number of nitrogens with one attached hydrogen (secondary N) is 1. The van der Waals surface area contributed by atoms with Crippen molar-refractivity contribution in [2.24, 2.45) is 0 Å². The Morgan fingerprint density at radius 2 is 1.74 bits per heavy atom. The summed E-state index contributed by atoms with van der Waals surface area (Å²) in [4.78, 5) is 4.63. The van der Waals surface area contributed by atoms with Crippen LogP contribution in [0.2, 0.25) is 10.0 Å². The van der Waals surface area contributed by atoms with Gasteiger partial charge < -0.3 is 10.2 Å². The third-order valence-electron chi connectivity index (χ3n) is 5.65. The van der Waals surface area contributed by atoms with E-state index in [2.05, 4.69) is 41.1 Å². The Balaban J connectivity index is 1.37. The molecule has 1 aromatic heterocycles. The summed E-state index contributed by atoms with van der Waals surface area (Å²) in [6, 6.07) is 15.6. The Bertz CT molecular complexity index is 1080. The average molecular weight is 474 g/mol. The van der Waals surface area contributed by atoms with Crippen molar-refractivity contribution < 1.29 is 0 Å². The van der Waals surface area contributed by atoms with Gasteiger partial charge in [-0.25, -0.2) is 4.68 Å². The van der Waals surface area contributed by atoms with Crippen molar-refractivity contribution in [3.8, 4) is 5.69 Å². The van der Waals surface area contributed by atoms with Gasteiger partial charge in [0.15, 0.2) is 5.11 Å². The number of hydrogen-bond donors (Lipinski definition) is 1. The summed E-state index contributed by atoms with van der Waals surface area (Å²) in [5.74, 6) is 0. The number of anilines is 1. The maximum absolute atomic E-state index is 6.25. The number of hydrogen-bond acceptors (Lipinski definition) is 3. The normalized spacial score (nSPS) is 14.6. The molecule has 162 valence electrons. The van der Waals surface area contributed by atoms with E-state index in [4.69, 9.17) is 40.5 Å². The monoisotopic (exact) mass is 473 g/mol. The molecule has 1 saturated heterocycles. The molecule has 2 heterocycles. The molecular formula is C23H25Cl2N5S. The van der Waals surface area contributed by atoms with E-state index in [9.17, 15) is 0 Å². The highest BCUT2D eigenvalue weighted by Crippen LogP contribution is 2.26. The summed E-state index contributed by atoms with van der Waals surface area (Å²) in [5, 5.41) is 9.91. The zero-order chi connectivity index (χ0) is 22.0. The summed E-state index contributed by atoms with van der Waals surface area (Å²) in [6.45, 7) is 8.70. The molecule has 31 heavy (non-hydrogen) atoms. The van der Waals surface area contributed by atoms with Crippen LogP contribution in [0.1, 0.15) is 17.0 Å². The van der Waals surface area contributed by atoms with Crippen LogP contribution in [0, 0.1) is 13.8 Å². The van der Waals surface area contributed by atoms with Gasteiger partial charge in [0.2, 0.25) is 0 Å². The van der Waals surface area contributed by atoms with Crippen LogP contribution in [0.5, 0.6) is 0 Å². The van der Waals surface area contributed by atoms with Crippen molar-refractivity contribution in [3.05, 3.63) is 75.5 Å². The predicted molar refractivity (Wildman–Crippen MR) is 133 cm³/mol. The molecule has 1 aliphatic rings. The number of aryl methyl sites for hydroxylation is 1. The molecule has 0 aliphatic carbocycles. The average Bonchev–Trinajstić information content (AvgIpc) is 3.05. The maximum Gasteiger partial charge on any atom is 0.173 e. The zero-order valence-corrected chi connectivity index (χ0v) is 19.9. The summed E-state index contributed by atoms with van der Waals surface area (Å²) >= 11 is 17.9. The molecule has 0 spiro atoms. The van der Waals surface area contributed by atoms with Gasteiger partial charge in [0.05, 0.1) is 22.1 Å². The summed E-state index contributed by atoms with van der Waals surface area (Å²) in [6.07, 6.45) is 0. The third-order valence-corrected chi connectivity index (χ3v) is 6.58. The van der Waals surface area contributed by atoms with E-state index in [1.54, 1.807) is 18.2 Å². The Morgan fingerprint density at radius 3 is 2.45 bits per heavy atom. The van der Waals surface area contributed by atoms with E-state index < -0.39 is 0 Å². The molecule has 1 fully saturated rings. The quantitative estimate of drug-likeness (QED) is 0.519. The highest BCUT2D eigenvalue weighted by molar-refractivity contribution is 7.80. The molecule has 0 atom stereocenters. The van der Waals surface area contributed by atoms with Gasteiger partial charge in [0.1, 0.15) is 0 Å². The van der Waals surface area contributed by atoms with Gasteiger partial charge in [-0.3, -0.25) is 4.90 Å². The lowest BCUT2D eigenvalue weighted by molar-refractivity contribution is 0.176. The van der Waals surface area contributed by atoms with Crippen molar-refractivity contribution in [2.75, 3.05) is 31.5 Å². The Kier molecular flexibility index (Phi) is 6.82. The Morgan fingerprint density at radius 1 is 1.03 bits per heavy atom. The first-order valence-corrected chi connectivity index (χ1v) is 11.4. The number of nitrogens with zero attached hydrogens (tertiary/aromatic N) is 4. The van der Waals surface area contributed by atoms with Crippen LogP contribution in [0.15, 0.2) is 48.5 Å². The van der Waals surface area contributed by atoms with Crippen molar-refractivity contribution in [1.29, 1.82) is 0 Å². The van der Waals surface area contributed by atoms with Gasteiger partial charge in [0, 0.05) is 49.0 Å². The molecule has 3 aromatic rings. The molecule has 0 saturated carbocycles. The molecule has 0 amide bonds. The third kappa shape index (κ3) is 5.04. The van der Waals surface area contributed by atoms with Gasteiger partial charge in [-0.2, -0.15) is 5.10 Å². The molecule has 4 rings (SSSR count). The first kappa shape index (κ1) is 22.1. The highest BCUT2D eigenvalue weighted by atomic mass is 35.5. The van der Waals surface area contributed by atoms with Crippen LogP contribution in [-0.4, -0.2) is 50.9 Å². The smallest absolute Gasteiger partial charge is 0.173 e. The number of thiocarbonyl (C=S) groups is 1. The lowest BCUT2D eigenvalue weighted by Gasteiger charge is -2.36. The molecule has 5 nitrogen and oxygen atoms in total. The van der Waals surface area contributed by atoms with Crippen LogP contribution >= 0.6 is 35.4 Å². The molecule has 2 aromatic carbocycles. The second-order valence-corrected chi connectivity index (χ2v) is 8.94. The summed E-state index contributed by atoms with van der Waals surface area (Å²) < 4.78 is 2.04. The van der Waals surface area contributed by atoms with Gasteiger partial charge >= 0.3 is 0 Å². The number of rotatable bonds is 4. The first-order valence-electron chi connectivity index (χ1n) is 10.3. The largest absolute Gasteiger partial charge is 0.346 e. The van der Waals surface area contributed by atoms with Gasteiger partial charge in [-0.1, -0.05) is 41.4 Å². The Labute approximate surface area is 198 Å². The fourth-order valence-electron chi connectivity index (χ4n) is 3.84. The molecule has 0 bridgehead atoms. The van der Waals surface area contributed by atoms with E-state index in [-0.39, 0.29) is 0 Å². The van der Waals surface area contributed by atoms with Crippen molar-refractivity contribution >= 4 is 46.2 Å². The predicted octanol–water partition coefficient (Wildman–Crippen LogP) is 5.31. The van der Waals surface area contributed by atoms with Crippen LogP contribution in [-0.2, 0) is 6.54 Å². The van der Waals surface area contributed by atoms with Crippen molar-refractivity contribution in [3.63, 3.8) is 0 Å². The number of piperazine rings is 1. The minimum atomic E-state index is 0.603. The van der Waals surface area contributed by atoms with E-state index in [0.717, 1.165) is 49.8 Å². The minimum absolute atomic E-state index is 0.603. The fourth-order valence-corrected chi connectivity index (χ4v) is 4.47. The molecule has 0 unspecified atom stereocenters. The topological polar surface area (TPSA) is 36.3 Å². The second-order valence-electron chi connectivity index (χ2n) is 7.71. The minimum Gasteiger partial charge on any atom is -0.346 e. The number of halogens is 2. The fraction of sp³-hybridized carbons (Fsp3) is 0.304. The van der Waals surface area contributed by atoms with E-state index in [0.29, 0.717) is 15.2 Å². The zero-order valence-electron chi connectivity index (χ0n) is 17.6. The Hall–Kier alpha value is -2.12. The lowest BCUT2D eigenvalue weighted by atomic mass is 10.1. The van der Waals surface area contributed by atoms with Gasteiger partial charge in [-0.15, -0.1) is 0 Å². The molecule has 0 radical (unpaired) electrons. The summed E-state index contributed by atoms with van der Waals surface area (Å²) in [7, 11) is 0.